The van der Waals surface area contributed by atoms with Crippen LogP contribution in [0.2, 0.25) is 0 Å². The number of rotatable bonds is 54. The molecular weight excluding hydrogens is 1740 g/mol. The quantitative estimate of drug-likeness (QED) is 0.0269. The third kappa shape index (κ3) is 38.0. The highest BCUT2D eigenvalue weighted by Gasteiger charge is 2.49. The Morgan fingerprint density at radius 1 is 0.308 bits per heavy atom. The molecule has 1 heterocycles. The molecule has 0 bridgehead atoms. The number of likely N-dealkylation sites (tertiary alicyclic amines) is 1. The van der Waals surface area contributed by atoms with Crippen molar-refractivity contribution in [1.29, 1.82) is 0 Å². The molecule has 47 heteroatoms. The highest BCUT2D eigenvalue weighted by atomic mass is 16.3. The lowest BCUT2D eigenvalue weighted by atomic mass is 9.95. The first-order valence-electron chi connectivity index (χ1n) is 44.1. The second-order valence-electron chi connectivity index (χ2n) is 40.0. The van der Waals surface area contributed by atoms with E-state index >= 15 is 0 Å². The topological polar surface area (TPSA) is 734 Å². The lowest BCUT2D eigenvalue weighted by Gasteiger charge is -2.36. The average Bonchev–Trinajstić information content (AvgIpc) is 1.20. The van der Waals surface area contributed by atoms with Crippen molar-refractivity contribution in [2.24, 2.45) is 40.9 Å². The Labute approximate surface area is 776 Å². The molecule has 1 rings (SSSR count). The third-order valence-electron chi connectivity index (χ3n) is 21.5. The Morgan fingerprint density at radius 3 is 0.932 bits per heavy atom. The number of carbonyl (C=O) groups is 22. The van der Waals surface area contributed by atoms with Gasteiger partial charge in [0.2, 0.25) is 130 Å². The van der Waals surface area contributed by atoms with Crippen LogP contribution in [0.25, 0.3) is 0 Å². The monoisotopic (exact) mass is 1890 g/mol. The van der Waals surface area contributed by atoms with Crippen LogP contribution in [0.1, 0.15) is 251 Å². The number of nitrogens with one attached hydrogen (secondary N) is 18. The molecule has 1 aliphatic heterocycles. The van der Waals surface area contributed by atoms with Crippen molar-refractivity contribution in [3.05, 3.63) is 0 Å². The Kier molecular flexibility index (Phi) is 44.7. The van der Waals surface area contributed by atoms with Crippen molar-refractivity contribution in [3.8, 4) is 0 Å². The second kappa shape index (κ2) is 49.8. The van der Waals surface area contributed by atoms with Gasteiger partial charge in [0.05, 0.1) is 25.9 Å². The zero-order valence-corrected chi connectivity index (χ0v) is 82.0. The predicted molar refractivity (Wildman–Crippen MR) is 483 cm³/mol. The van der Waals surface area contributed by atoms with Crippen LogP contribution in [0.15, 0.2) is 0 Å². The van der Waals surface area contributed by atoms with Gasteiger partial charge in [-0.05, 0) is 193 Å². The van der Waals surface area contributed by atoms with Gasteiger partial charge >= 0.3 is 0 Å². The average molecular weight is 1890 g/mol. The molecule has 0 aromatic carbocycles. The number of aliphatic hydroxyl groups excluding tert-OH is 3. The molecule has 0 aromatic rings. The molecule has 0 unspecified atom stereocenters. The highest BCUT2D eigenvalue weighted by molar-refractivity contribution is 6.05. The summed E-state index contributed by atoms with van der Waals surface area (Å²) in [5, 5.41) is 75.4. The van der Waals surface area contributed by atoms with E-state index < -0.39 is 298 Å². The Morgan fingerprint density at radius 2 is 0.586 bits per heavy atom. The fourth-order valence-electron chi connectivity index (χ4n) is 13.2. The van der Waals surface area contributed by atoms with E-state index in [9.17, 15) is 121 Å². The SMILES string of the molecule is CC(=O)NC(C)(C)C(=O)N[C@@H](CO)C(=O)NC(C)(C)C(=O)NC(C)(C)C(=O)N[C@@H](CC(C)C)C(=O)N[C@@H](CCC(N)=O)C(=O)NC(C)(C)C(=O)NC(C)(C)C(=O)NC(C)(C)C(=O)N[C@@H](CO)C(=O)N[C@H](C(=O)NC(C)(C)C(=O)N1CCC[C@H]1C(=O)N[C@H](C(=O)NC(C)(C)C(=O)NC(C)(C)C(=O)N[C@@H](CCC(N)=O)C(=O)N[C@@H](CCC(N)=O)C(=O)N[C@H](CO)CC(C)C)C(C)C)C(C)C. The van der Waals surface area contributed by atoms with E-state index in [2.05, 4.69) is 95.7 Å². The molecular formula is C86H150N22O25. The van der Waals surface area contributed by atoms with Crippen LogP contribution < -0.4 is 113 Å². The van der Waals surface area contributed by atoms with E-state index in [0.29, 0.717) is 6.42 Å². The zero-order valence-electron chi connectivity index (χ0n) is 82.0. The molecule has 1 aliphatic rings. The normalized spacial score (nSPS) is 15.4. The van der Waals surface area contributed by atoms with Gasteiger partial charge in [0.1, 0.15) is 104 Å². The Bertz CT molecular complexity index is 4270. The molecule has 10 atom stereocenters. The number of aliphatic hydroxyl groups is 3. The molecule has 22 amide bonds. The summed E-state index contributed by atoms with van der Waals surface area (Å²) in [6.07, 6.45) is -1.75. The maximum atomic E-state index is 14.6. The van der Waals surface area contributed by atoms with E-state index in [-0.39, 0.29) is 50.5 Å². The van der Waals surface area contributed by atoms with Gasteiger partial charge < -0.3 is 133 Å². The minimum atomic E-state index is -1.97. The summed E-state index contributed by atoms with van der Waals surface area (Å²) in [5.74, 6) is -21.8. The Balaban J connectivity index is 3.30. The number of hydrogen-bond donors (Lipinski definition) is 24. The van der Waals surface area contributed by atoms with Gasteiger partial charge in [-0.1, -0.05) is 55.4 Å². The van der Waals surface area contributed by atoms with Crippen LogP contribution in [-0.2, 0) is 105 Å². The van der Waals surface area contributed by atoms with Gasteiger partial charge in [-0.15, -0.1) is 0 Å². The predicted octanol–water partition coefficient (Wildman–Crippen LogP) is -6.41. The number of nitrogens with zero attached hydrogens (tertiary/aromatic N) is 1. The highest BCUT2D eigenvalue weighted by Crippen LogP contribution is 2.25. The van der Waals surface area contributed by atoms with Crippen LogP contribution in [0, 0.1) is 23.7 Å². The van der Waals surface area contributed by atoms with Crippen molar-refractivity contribution in [2.75, 3.05) is 26.4 Å². The first-order valence-corrected chi connectivity index (χ1v) is 44.1. The van der Waals surface area contributed by atoms with E-state index in [1.54, 1.807) is 27.7 Å². The molecule has 0 aromatic heterocycles. The maximum Gasteiger partial charge on any atom is 0.248 e. The van der Waals surface area contributed by atoms with E-state index in [0.717, 1.165) is 0 Å². The van der Waals surface area contributed by atoms with Gasteiger partial charge in [-0.25, -0.2) is 0 Å². The van der Waals surface area contributed by atoms with Crippen LogP contribution in [-0.4, -0.2) is 287 Å². The zero-order chi connectivity index (χ0) is 103. The molecule has 0 spiro atoms. The summed E-state index contributed by atoms with van der Waals surface area (Å²) >= 11 is 0. The van der Waals surface area contributed by atoms with Gasteiger partial charge in [0, 0.05) is 32.7 Å². The molecule has 0 aliphatic carbocycles. The van der Waals surface area contributed by atoms with Crippen LogP contribution in [0.3, 0.4) is 0 Å². The number of primary amides is 3. The smallest absolute Gasteiger partial charge is 0.248 e. The fraction of sp³-hybridized carbons (Fsp3) is 0.744. The van der Waals surface area contributed by atoms with Crippen LogP contribution in [0.4, 0.5) is 0 Å². The molecule has 1 saturated heterocycles. The molecule has 133 heavy (non-hydrogen) atoms. The first-order chi connectivity index (χ1) is 60.5. The molecule has 47 nitrogen and oxygen atoms in total. The molecule has 754 valence electrons. The van der Waals surface area contributed by atoms with Crippen LogP contribution in [0.5, 0.6) is 0 Å². The summed E-state index contributed by atoms with van der Waals surface area (Å²) < 4.78 is 0. The second-order valence-corrected chi connectivity index (χ2v) is 40.0. The van der Waals surface area contributed by atoms with Gasteiger partial charge in [-0.3, -0.25) is 105 Å². The van der Waals surface area contributed by atoms with Crippen molar-refractivity contribution in [1.82, 2.24) is 101 Å². The lowest BCUT2D eigenvalue weighted by molar-refractivity contribution is -0.146. The number of nitrogens with two attached hydrogens (primary N) is 3. The van der Waals surface area contributed by atoms with Crippen molar-refractivity contribution < 1.29 is 121 Å². The molecule has 27 N–H and O–H groups in total. The van der Waals surface area contributed by atoms with Crippen molar-refractivity contribution >= 4 is 130 Å². The lowest BCUT2D eigenvalue weighted by Crippen LogP contribution is -2.68. The van der Waals surface area contributed by atoms with Gasteiger partial charge in [0.15, 0.2) is 0 Å². The largest absolute Gasteiger partial charge is 0.394 e. The number of amides is 22. The Hall–Kier alpha value is -11.8. The molecule has 0 saturated carbocycles. The summed E-state index contributed by atoms with van der Waals surface area (Å²) in [4.78, 5) is 300. The third-order valence-corrected chi connectivity index (χ3v) is 21.5. The first kappa shape index (κ1) is 119. The van der Waals surface area contributed by atoms with Gasteiger partial charge in [-0.2, -0.15) is 0 Å². The summed E-state index contributed by atoms with van der Waals surface area (Å²) in [6.45, 7) is 35.0. The van der Waals surface area contributed by atoms with Gasteiger partial charge in [0.25, 0.3) is 0 Å². The van der Waals surface area contributed by atoms with Crippen molar-refractivity contribution in [3.63, 3.8) is 0 Å². The molecule has 1 fully saturated rings. The van der Waals surface area contributed by atoms with E-state index in [4.69, 9.17) is 17.2 Å². The van der Waals surface area contributed by atoms with E-state index in [1.165, 1.54) is 150 Å². The summed E-state index contributed by atoms with van der Waals surface area (Å²) in [7, 11) is 0. The fourth-order valence-corrected chi connectivity index (χ4v) is 13.2. The standard InChI is InChI=1S/C86H150N22O25/c1-42(2)37-47(39-109)90-60(116)48(30-33-55(87)113)91-61(117)49(31-34-56(88)114)93-70(126)79(12,13)105-75(131)84(22,23)102-67(123)59(45(7)8)98-66(122)54-29-28-36-108(54)77(133)86(26,27)103-68(124)58(44(5)6)97-63(119)52(40-110)95-72(128)81(16,17)106-76(132)85(24,25)107-74(130)82(18,19)100-64(120)50(32-35-57(89)115)92-62(118)51(38-43(3)4)94-71(127)80(14,15)104-73(129)83(20,21)101-65(121)53(41-111)96-69(125)78(10,11)99-46(9)112/h42-45,47-54,58-59,109-111H,28-41H2,1-27H3,(H2,87,113)(H2,88,114)(H2,89,115)(H,90,116)(H,91,117)(H,92,118)(H,93,126)(H,94,127)(H,95,128)(H,96,125)(H,97,119)(H,98,122)(H,99,112)(H,100,120)(H,101,121)(H,102,123)(H,103,124)(H,104,129)(H,105,131)(H,106,132)(H,107,130)/t47-,48-,49-,50-,51-,52-,53-,54-,58-,59-/m0/s1. The summed E-state index contributed by atoms with van der Waals surface area (Å²) in [6, 6.07) is -14.2. The van der Waals surface area contributed by atoms with Crippen molar-refractivity contribution in [2.45, 2.75) is 361 Å². The van der Waals surface area contributed by atoms with Crippen LogP contribution >= 0.6 is 0 Å². The maximum absolute atomic E-state index is 14.6. The van der Waals surface area contributed by atoms with E-state index in [1.807, 2.05) is 13.8 Å². The molecule has 0 radical (unpaired) electrons. The minimum Gasteiger partial charge on any atom is -0.394 e. The minimum absolute atomic E-state index is 0.000763. The number of hydrogen-bond acceptors (Lipinski definition) is 25. The summed E-state index contributed by atoms with van der Waals surface area (Å²) in [5.41, 5.74) is -0.416. The number of carbonyl (C=O) groups excluding carboxylic acids is 22.